The number of amides is 1. The molecule has 1 aliphatic carbocycles. The van der Waals surface area contributed by atoms with E-state index >= 15 is 0 Å². The summed E-state index contributed by atoms with van der Waals surface area (Å²) in [6.45, 7) is 7.54. The molecule has 3 aliphatic rings. The van der Waals surface area contributed by atoms with Crippen LogP contribution in [0.1, 0.15) is 19.3 Å². The third kappa shape index (κ3) is 4.70. The van der Waals surface area contributed by atoms with E-state index in [1.807, 2.05) is 0 Å². The number of nitrogens with zero attached hydrogens (tertiary/aromatic N) is 1. The van der Waals surface area contributed by atoms with E-state index in [2.05, 4.69) is 15.5 Å². The zero-order valence-corrected chi connectivity index (χ0v) is 14.1. The summed E-state index contributed by atoms with van der Waals surface area (Å²) in [5.41, 5.74) is 0.355. The zero-order valence-electron chi connectivity index (χ0n) is 12.4. The van der Waals surface area contributed by atoms with Crippen LogP contribution in [-0.2, 0) is 9.53 Å². The van der Waals surface area contributed by atoms with Crippen molar-refractivity contribution in [2.75, 3.05) is 52.5 Å². The molecule has 1 spiro atoms. The smallest absolute Gasteiger partial charge is 0.223 e. The molecular weight excluding hydrogens is 313 g/mol. The molecule has 0 aromatic rings. The Morgan fingerprint density at radius 2 is 1.90 bits per heavy atom. The summed E-state index contributed by atoms with van der Waals surface area (Å²) in [7, 11) is 0. The fraction of sp³-hybridized carbons (Fsp3) is 0.929. The highest BCUT2D eigenvalue weighted by Crippen LogP contribution is 2.58. The molecule has 2 N–H and O–H groups in total. The number of hydrogen-bond acceptors (Lipinski definition) is 4. The van der Waals surface area contributed by atoms with Crippen molar-refractivity contribution in [3.63, 3.8) is 0 Å². The van der Waals surface area contributed by atoms with Gasteiger partial charge in [-0.25, -0.2) is 0 Å². The predicted octanol–water partition coefficient (Wildman–Crippen LogP) is 0.668. The summed E-state index contributed by atoms with van der Waals surface area (Å²) in [5.74, 6) is 0.578. The van der Waals surface area contributed by atoms with Crippen molar-refractivity contribution in [3.05, 3.63) is 0 Å². The van der Waals surface area contributed by atoms with Crippen LogP contribution in [0.5, 0.6) is 0 Å². The maximum Gasteiger partial charge on any atom is 0.223 e. The van der Waals surface area contributed by atoms with E-state index in [0.717, 1.165) is 58.9 Å². The fourth-order valence-corrected chi connectivity index (χ4v) is 3.48. The first-order valence-electron chi connectivity index (χ1n) is 7.59. The Labute approximate surface area is 139 Å². The van der Waals surface area contributed by atoms with E-state index < -0.39 is 0 Å². The monoisotopic (exact) mass is 339 g/mol. The third-order valence-corrected chi connectivity index (χ3v) is 4.94. The zero-order chi connectivity index (χ0) is 13.1. The minimum absolute atomic E-state index is 0. The molecule has 2 heterocycles. The second-order valence-electron chi connectivity index (χ2n) is 6.11. The molecular formula is C14H27Cl2N3O2. The van der Waals surface area contributed by atoms with Gasteiger partial charge in [-0.15, -0.1) is 24.8 Å². The molecule has 3 fully saturated rings. The first kappa shape index (κ1) is 19.0. The van der Waals surface area contributed by atoms with Crippen molar-refractivity contribution in [3.8, 4) is 0 Å². The van der Waals surface area contributed by atoms with Crippen LogP contribution >= 0.6 is 24.8 Å². The summed E-state index contributed by atoms with van der Waals surface area (Å²) in [6, 6.07) is 0. The summed E-state index contributed by atoms with van der Waals surface area (Å²) < 4.78 is 5.32. The second kappa shape index (κ2) is 8.53. The van der Waals surface area contributed by atoms with Crippen molar-refractivity contribution in [1.29, 1.82) is 0 Å². The molecule has 1 amide bonds. The van der Waals surface area contributed by atoms with Crippen LogP contribution in [0.2, 0.25) is 0 Å². The minimum atomic E-state index is 0. The number of carbonyl (C=O) groups is 1. The number of ether oxygens (including phenoxy) is 1. The van der Waals surface area contributed by atoms with Gasteiger partial charge in [0.2, 0.25) is 5.91 Å². The number of hydrogen-bond donors (Lipinski definition) is 2. The lowest BCUT2D eigenvalue weighted by molar-refractivity contribution is -0.123. The Morgan fingerprint density at radius 3 is 2.57 bits per heavy atom. The number of nitrogens with one attached hydrogen (secondary N) is 2. The Hall–Kier alpha value is -0.0700. The van der Waals surface area contributed by atoms with Crippen molar-refractivity contribution in [1.82, 2.24) is 15.5 Å². The highest BCUT2D eigenvalue weighted by molar-refractivity contribution is 5.85. The van der Waals surface area contributed by atoms with Crippen LogP contribution < -0.4 is 10.6 Å². The molecule has 0 radical (unpaired) electrons. The van der Waals surface area contributed by atoms with Crippen molar-refractivity contribution >= 4 is 30.7 Å². The van der Waals surface area contributed by atoms with Gasteiger partial charge in [-0.1, -0.05) is 0 Å². The van der Waals surface area contributed by atoms with Gasteiger partial charge in [0, 0.05) is 32.1 Å². The molecule has 2 aliphatic heterocycles. The summed E-state index contributed by atoms with van der Waals surface area (Å²) >= 11 is 0. The molecule has 124 valence electrons. The molecule has 1 unspecified atom stereocenters. The van der Waals surface area contributed by atoms with E-state index in [-0.39, 0.29) is 30.7 Å². The summed E-state index contributed by atoms with van der Waals surface area (Å²) in [4.78, 5) is 14.5. The SMILES string of the molecule is Cl.Cl.O=C(NCCN1CCOCC1)C1CC12CCNCC2. The third-order valence-electron chi connectivity index (χ3n) is 4.94. The Bertz CT molecular complexity index is 332. The van der Waals surface area contributed by atoms with Gasteiger partial charge in [-0.3, -0.25) is 9.69 Å². The molecule has 3 rings (SSSR count). The van der Waals surface area contributed by atoms with E-state index in [1.165, 1.54) is 12.8 Å². The van der Waals surface area contributed by atoms with Gasteiger partial charge in [-0.05, 0) is 37.8 Å². The van der Waals surface area contributed by atoms with Gasteiger partial charge in [0.1, 0.15) is 0 Å². The van der Waals surface area contributed by atoms with Crippen molar-refractivity contribution < 1.29 is 9.53 Å². The molecule has 7 heteroatoms. The van der Waals surface area contributed by atoms with Crippen molar-refractivity contribution in [2.24, 2.45) is 11.3 Å². The van der Waals surface area contributed by atoms with Crippen LogP contribution in [0, 0.1) is 11.3 Å². The van der Waals surface area contributed by atoms with Gasteiger partial charge in [0.05, 0.1) is 13.2 Å². The number of morpholine rings is 1. The lowest BCUT2D eigenvalue weighted by Gasteiger charge is -2.26. The number of piperidine rings is 1. The topological polar surface area (TPSA) is 53.6 Å². The first-order valence-corrected chi connectivity index (χ1v) is 7.59. The number of carbonyl (C=O) groups excluding carboxylic acids is 1. The molecule has 0 aromatic heterocycles. The molecule has 1 saturated carbocycles. The highest BCUT2D eigenvalue weighted by atomic mass is 35.5. The van der Waals surface area contributed by atoms with Gasteiger partial charge >= 0.3 is 0 Å². The van der Waals surface area contributed by atoms with Crippen LogP contribution in [-0.4, -0.2) is 63.3 Å². The maximum atomic E-state index is 12.1. The Balaban J connectivity index is 0.00000110. The average molecular weight is 340 g/mol. The van der Waals surface area contributed by atoms with Gasteiger partial charge in [-0.2, -0.15) is 0 Å². The normalized spacial score (nSPS) is 27.3. The molecule has 5 nitrogen and oxygen atoms in total. The lowest BCUT2D eigenvalue weighted by atomic mass is 9.92. The summed E-state index contributed by atoms with van der Waals surface area (Å²) in [6.07, 6.45) is 3.46. The summed E-state index contributed by atoms with van der Waals surface area (Å²) in [5, 5.41) is 6.50. The van der Waals surface area contributed by atoms with Crippen LogP contribution in [0.3, 0.4) is 0 Å². The second-order valence-corrected chi connectivity index (χ2v) is 6.11. The van der Waals surface area contributed by atoms with E-state index in [4.69, 9.17) is 4.74 Å². The molecule has 0 bridgehead atoms. The molecule has 1 atom stereocenters. The fourth-order valence-electron chi connectivity index (χ4n) is 3.48. The number of rotatable bonds is 4. The Morgan fingerprint density at radius 1 is 1.24 bits per heavy atom. The predicted molar refractivity (Wildman–Crippen MR) is 87.4 cm³/mol. The maximum absolute atomic E-state index is 12.1. The van der Waals surface area contributed by atoms with Crippen LogP contribution in [0.25, 0.3) is 0 Å². The van der Waals surface area contributed by atoms with E-state index in [0.29, 0.717) is 11.3 Å². The van der Waals surface area contributed by atoms with Gasteiger partial charge in [0.15, 0.2) is 0 Å². The van der Waals surface area contributed by atoms with E-state index in [9.17, 15) is 4.79 Å². The van der Waals surface area contributed by atoms with Crippen molar-refractivity contribution in [2.45, 2.75) is 19.3 Å². The van der Waals surface area contributed by atoms with Crippen LogP contribution in [0.15, 0.2) is 0 Å². The minimum Gasteiger partial charge on any atom is -0.379 e. The molecule has 21 heavy (non-hydrogen) atoms. The molecule has 2 saturated heterocycles. The van der Waals surface area contributed by atoms with E-state index in [1.54, 1.807) is 0 Å². The highest BCUT2D eigenvalue weighted by Gasteiger charge is 2.57. The van der Waals surface area contributed by atoms with Crippen LogP contribution in [0.4, 0.5) is 0 Å². The van der Waals surface area contributed by atoms with Gasteiger partial charge in [0.25, 0.3) is 0 Å². The quantitative estimate of drug-likeness (QED) is 0.790. The largest absolute Gasteiger partial charge is 0.379 e. The average Bonchev–Trinajstić information content (AvgIpc) is 3.14. The first-order chi connectivity index (χ1) is 9.30. The lowest BCUT2D eigenvalue weighted by Crippen LogP contribution is -2.42. The molecule has 0 aromatic carbocycles. The number of halogens is 2. The Kier molecular flexibility index (Phi) is 7.71. The van der Waals surface area contributed by atoms with Gasteiger partial charge < -0.3 is 15.4 Å². The standard InChI is InChI=1S/C14H25N3O2.2ClH/c18-13(12-11-14(12)1-3-15-4-2-14)16-5-6-17-7-9-19-10-8-17;;/h12,15H,1-11H2,(H,16,18);2*1H.